The van der Waals surface area contributed by atoms with Crippen molar-refractivity contribution in [3.8, 4) is 0 Å². The van der Waals surface area contributed by atoms with E-state index in [-0.39, 0.29) is 17.5 Å². The monoisotopic (exact) mass is 260 g/mol. The molecule has 104 valence electrons. The summed E-state index contributed by atoms with van der Waals surface area (Å²) in [4.78, 5) is 14.2. The molecule has 0 radical (unpaired) electrons. The van der Waals surface area contributed by atoms with Gasteiger partial charge in [0.15, 0.2) is 0 Å². The third kappa shape index (κ3) is 3.49. The largest absolute Gasteiger partial charge is 0.337 e. The minimum atomic E-state index is 0.0527. The zero-order valence-electron chi connectivity index (χ0n) is 12.4. The second kappa shape index (κ2) is 5.24. The lowest BCUT2D eigenvalue weighted by Crippen LogP contribution is -2.49. The molecule has 1 aromatic carbocycles. The van der Waals surface area contributed by atoms with Crippen molar-refractivity contribution in [2.75, 3.05) is 6.54 Å². The van der Waals surface area contributed by atoms with Gasteiger partial charge in [-0.3, -0.25) is 0 Å². The lowest BCUT2D eigenvalue weighted by atomic mass is 9.95. The Labute approximate surface area is 116 Å². The van der Waals surface area contributed by atoms with Crippen molar-refractivity contribution < 1.29 is 4.79 Å². The smallest absolute Gasteiger partial charge is 0.317 e. The van der Waals surface area contributed by atoms with E-state index in [0.717, 1.165) is 6.42 Å². The first kappa shape index (κ1) is 13.9. The molecule has 0 aliphatic carbocycles. The molecule has 1 aromatic rings. The van der Waals surface area contributed by atoms with Crippen molar-refractivity contribution in [2.24, 2.45) is 5.41 Å². The topological polar surface area (TPSA) is 32.3 Å². The van der Waals surface area contributed by atoms with Crippen LogP contribution in [-0.4, -0.2) is 23.5 Å². The molecule has 3 heteroatoms. The van der Waals surface area contributed by atoms with E-state index >= 15 is 0 Å². The molecule has 1 aliphatic heterocycles. The fraction of sp³-hybridized carbons (Fsp3) is 0.562. The van der Waals surface area contributed by atoms with Gasteiger partial charge in [-0.25, -0.2) is 4.79 Å². The summed E-state index contributed by atoms with van der Waals surface area (Å²) in [5, 5.41) is 3.04. The van der Waals surface area contributed by atoms with Crippen LogP contribution in [-0.2, 0) is 13.0 Å². The fourth-order valence-corrected chi connectivity index (χ4v) is 2.39. The van der Waals surface area contributed by atoms with Gasteiger partial charge in [-0.2, -0.15) is 0 Å². The van der Waals surface area contributed by atoms with E-state index < -0.39 is 0 Å². The number of nitrogens with zero attached hydrogens (tertiary/aromatic N) is 1. The van der Waals surface area contributed by atoms with Crippen LogP contribution in [0.15, 0.2) is 24.3 Å². The van der Waals surface area contributed by atoms with E-state index in [0.29, 0.717) is 13.1 Å². The summed E-state index contributed by atoms with van der Waals surface area (Å²) in [7, 11) is 0. The van der Waals surface area contributed by atoms with Crippen molar-refractivity contribution in [3.63, 3.8) is 0 Å². The summed E-state index contributed by atoms with van der Waals surface area (Å²) in [6.45, 7) is 9.92. The molecule has 19 heavy (non-hydrogen) atoms. The first-order chi connectivity index (χ1) is 8.87. The van der Waals surface area contributed by atoms with Crippen molar-refractivity contribution in [1.29, 1.82) is 0 Å². The van der Waals surface area contributed by atoms with Gasteiger partial charge in [0.05, 0.1) is 0 Å². The molecular formula is C16H24N2O. The Bertz CT molecular complexity index is 462. The van der Waals surface area contributed by atoms with Gasteiger partial charge in [-0.15, -0.1) is 0 Å². The first-order valence-corrected chi connectivity index (χ1v) is 6.98. The van der Waals surface area contributed by atoms with E-state index in [1.807, 2.05) is 11.0 Å². The number of hydrogen-bond donors (Lipinski definition) is 1. The van der Waals surface area contributed by atoms with Crippen LogP contribution in [0.2, 0.25) is 0 Å². The van der Waals surface area contributed by atoms with Gasteiger partial charge in [0.2, 0.25) is 0 Å². The molecular weight excluding hydrogens is 236 g/mol. The Morgan fingerprint density at radius 1 is 1.32 bits per heavy atom. The lowest BCUT2D eigenvalue weighted by molar-refractivity contribution is 0.165. The van der Waals surface area contributed by atoms with Crippen molar-refractivity contribution in [3.05, 3.63) is 35.4 Å². The maximum absolute atomic E-state index is 12.3. The summed E-state index contributed by atoms with van der Waals surface area (Å²) < 4.78 is 0. The van der Waals surface area contributed by atoms with Crippen LogP contribution >= 0.6 is 0 Å². The van der Waals surface area contributed by atoms with Crippen LogP contribution in [0.4, 0.5) is 4.79 Å². The summed E-state index contributed by atoms with van der Waals surface area (Å²) in [5.41, 5.74) is 2.76. The number of amides is 2. The van der Waals surface area contributed by atoms with Gasteiger partial charge in [0.25, 0.3) is 0 Å². The molecule has 1 unspecified atom stereocenters. The molecule has 0 aromatic heterocycles. The first-order valence-electron chi connectivity index (χ1n) is 6.98. The number of nitrogens with one attached hydrogen (secondary N) is 1. The molecule has 2 amide bonds. The van der Waals surface area contributed by atoms with Crippen molar-refractivity contribution in [2.45, 2.75) is 46.7 Å². The van der Waals surface area contributed by atoms with Crippen molar-refractivity contribution >= 4 is 6.03 Å². The number of hydrogen-bond acceptors (Lipinski definition) is 1. The van der Waals surface area contributed by atoms with Crippen LogP contribution in [0.25, 0.3) is 0 Å². The number of rotatable bonds is 1. The fourth-order valence-electron chi connectivity index (χ4n) is 2.39. The molecule has 0 bridgehead atoms. The van der Waals surface area contributed by atoms with E-state index in [9.17, 15) is 4.79 Å². The maximum Gasteiger partial charge on any atom is 0.317 e. The predicted molar refractivity (Wildman–Crippen MR) is 78.0 cm³/mol. The summed E-state index contributed by atoms with van der Waals surface area (Å²) in [6, 6.07) is 8.70. The number of carbonyl (C=O) groups excluding carboxylic acids is 1. The summed E-state index contributed by atoms with van der Waals surface area (Å²) in [5.74, 6) is 0. The zero-order valence-corrected chi connectivity index (χ0v) is 12.4. The Balaban J connectivity index is 2.04. The Morgan fingerprint density at radius 2 is 1.95 bits per heavy atom. The van der Waals surface area contributed by atoms with E-state index in [1.165, 1.54) is 11.1 Å². The number of carbonyl (C=O) groups is 1. The van der Waals surface area contributed by atoms with Crippen LogP contribution in [0, 0.1) is 5.41 Å². The molecule has 0 saturated carbocycles. The third-order valence-corrected chi connectivity index (χ3v) is 3.54. The molecule has 1 heterocycles. The van der Waals surface area contributed by atoms with Crippen LogP contribution in [0.3, 0.4) is 0 Å². The second-order valence-corrected chi connectivity index (χ2v) is 6.67. The SMILES string of the molecule is CC1Cc2ccccc2CN1C(=O)NCC(C)(C)C. The minimum absolute atomic E-state index is 0.0527. The highest BCUT2D eigenvalue weighted by molar-refractivity contribution is 5.75. The van der Waals surface area contributed by atoms with E-state index in [1.54, 1.807) is 0 Å². The van der Waals surface area contributed by atoms with E-state index in [2.05, 4.69) is 51.2 Å². The summed E-state index contributed by atoms with van der Waals surface area (Å²) in [6.07, 6.45) is 0.944. The van der Waals surface area contributed by atoms with Gasteiger partial charge < -0.3 is 10.2 Å². The van der Waals surface area contributed by atoms with Gasteiger partial charge in [-0.05, 0) is 29.9 Å². The maximum atomic E-state index is 12.3. The van der Waals surface area contributed by atoms with Gasteiger partial charge in [-0.1, -0.05) is 45.0 Å². The quantitative estimate of drug-likeness (QED) is 0.826. The van der Waals surface area contributed by atoms with Crippen LogP contribution in [0.1, 0.15) is 38.8 Å². The second-order valence-electron chi connectivity index (χ2n) is 6.67. The highest BCUT2D eigenvalue weighted by Gasteiger charge is 2.26. The highest BCUT2D eigenvalue weighted by atomic mass is 16.2. The summed E-state index contributed by atoms with van der Waals surface area (Å²) >= 11 is 0. The number of fused-ring (bicyclic) bond motifs is 1. The third-order valence-electron chi connectivity index (χ3n) is 3.54. The van der Waals surface area contributed by atoms with Gasteiger partial charge in [0.1, 0.15) is 0 Å². The highest BCUT2D eigenvalue weighted by Crippen LogP contribution is 2.23. The zero-order chi connectivity index (χ0) is 14.0. The normalized spacial score (nSPS) is 18.9. The number of urea groups is 1. The van der Waals surface area contributed by atoms with Gasteiger partial charge in [0, 0.05) is 19.1 Å². The Morgan fingerprint density at radius 3 is 2.58 bits per heavy atom. The molecule has 3 nitrogen and oxygen atoms in total. The average Bonchev–Trinajstić information content (AvgIpc) is 2.34. The number of benzene rings is 1. The minimum Gasteiger partial charge on any atom is -0.337 e. The molecule has 2 rings (SSSR count). The molecule has 1 aliphatic rings. The molecule has 0 spiro atoms. The standard InChI is InChI=1S/C16H24N2O/c1-12-9-13-7-5-6-8-14(13)10-18(12)15(19)17-11-16(2,3)4/h5-8,12H,9-11H2,1-4H3,(H,17,19). The van der Waals surface area contributed by atoms with Crippen LogP contribution < -0.4 is 5.32 Å². The molecule has 0 saturated heterocycles. The van der Waals surface area contributed by atoms with Crippen LogP contribution in [0.5, 0.6) is 0 Å². The van der Waals surface area contributed by atoms with Crippen molar-refractivity contribution in [1.82, 2.24) is 10.2 Å². The van der Waals surface area contributed by atoms with E-state index in [4.69, 9.17) is 0 Å². The lowest BCUT2D eigenvalue weighted by Gasteiger charge is -2.35. The predicted octanol–water partition coefficient (Wildman–Crippen LogP) is 3.19. The Hall–Kier alpha value is -1.51. The average molecular weight is 260 g/mol. The molecule has 1 atom stereocenters. The Kier molecular flexibility index (Phi) is 3.83. The molecule has 1 N–H and O–H groups in total. The van der Waals surface area contributed by atoms with Gasteiger partial charge >= 0.3 is 6.03 Å². The molecule has 0 fully saturated rings.